The summed E-state index contributed by atoms with van der Waals surface area (Å²) in [5, 5.41) is 0. The van der Waals surface area contributed by atoms with E-state index >= 15 is 0 Å². The number of benzene rings is 1. The van der Waals surface area contributed by atoms with E-state index in [1.165, 1.54) is 24.9 Å². The van der Waals surface area contributed by atoms with Gasteiger partial charge in [0, 0.05) is 12.6 Å². The summed E-state index contributed by atoms with van der Waals surface area (Å²) in [5.74, 6) is 0. The van der Waals surface area contributed by atoms with Gasteiger partial charge in [0.05, 0.1) is 12.2 Å². The number of rotatable bonds is 1. The summed E-state index contributed by atoms with van der Waals surface area (Å²) in [4.78, 5) is 2.58. The zero-order chi connectivity index (χ0) is 11.0. The van der Waals surface area contributed by atoms with E-state index in [2.05, 4.69) is 42.2 Å². The monoisotopic (exact) mass is 217 g/mol. The van der Waals surface area contributed by atoms with E-state index in [-0.39, 0.29) is 6.10 Å². The lowest BCUT2D eigenvalue weighted by Crippen LogP contribution is -2.52. The fourth-order valence-corrected chi connectivity index (χ4v) is 2.96. The van der Waals surface area contributed by atoms with Crippen LogP contribution in [0, 0.1) is 0 Å². The van der Waals surface area contributed by atoms with Gasteiger partial charge in [0.15, 0.2) is 0 Å². The average Bonchev–Trinajstić information content (AvgIpc) is 2.35. The van der Waals surface area contributed by atoms with Gasteiger partial charge < -0.3 is 4.74 Å². The fourth-order valence-electron chi connectivity index (χ4n) is 2.96. The molecule has 2 heterocycles. The molecule has 2 heteroatoms. The molecule has 0 saturated carbocycles. The number of hydrogen-bond donors (Lipinski definition) is 0. The summed E-state index contributed by atoms with van der Waals surface area (Å²) in [6.07, 6.45) is 3.23. The number of morpholine rings is 1. The van der Waals surface area contributed by atoms with Crippen LogP contribution in [0.2, 0.25) is 0 Å². The molecule has 0 aromatic heterocycles. The van der Waals surface area contributed by atoms with Crippen molar-refractivity contribution in [2.24, 2.45) is 0 Å². The summed E-state index contributed by atoms with van der Waals surface area (Å²) in [6.45, 7) is 4.66. The number of fused-ring (bicyclic) bond motifs is 2. The molecule has 0 amide bonds. The maximum Gasteiger partial charge on any atom is 0.0981 e. The zero-order valence-corrected chi connectivity index (χ0v) is 9.80. The van der Waals surface area contributed by atoms with Gasteiger partial charge in [-0.25, -0.2) is 0 Å². The third-order valence-corrected chi connectivity index (χ3v) is 3.89. The first-order valence-corrected chi connectivity index (χ1v) is 6.29. The number of nitrogens with zero attached hydrogens (tertiary/aromatic N) is 1. The Bertz CT molecular complexity index is 351. The second kappa shape index (κ2) is 4.19. The topological polar surface area (TPSA) is 12.5 Å². The minimum Gasteiger partial charge on any atom is -0.367 e. The van der Waals surface area contributed by atoms with Crippen LogP contribution in [0.3, 0.4) is 0 Å². The first-order chi connectivity index (χ1) is 7.84. The van der Waals surface area contributed by atoms with Gasteiger partial charge in [0.2, 0.25) is 0 Å². The summed E-state index contributed by atoms with van der Waals surface area (Å²) in [5.41, 5.74) is 1.33. The molecule has 2 aliphatic heterocycles. The lowest BCUT2D eigenvalue weighted by atomic mass is 9.95. The molecule has 2 aliphatic rings. The quantitative estimate of drug-likeness (QED) is 0.717. The van der Waals surface area contributed by atoms with Crippen molar-refractivity contribution in [3.05, 3.63) is 35.9 Å². The molecule has 2 fully saturated rings. The highest BCUT2D eigenvalue weighted by Gasteiger charge is 2.36. The summed E-state index contributed by atoms with van der Waals surface area (Å²) in [7, 11) is 0. The molecule has 16 heavy (non-hydrogen) atoms. The highest BCUT2D eigenvalue weighted by atomic mass is 16.5. The van der Waals surface area contributed by atoms with E-state index in [1.54, 1.807) is 0 Å². The molecule has 86 valence electrons. The Balaban J connectivity index is 1.85. The van der Waals surface area contributed by atoms with E-state index in [4.69, 9.17) is 4.74 Å². The Morgan fingerprint density at radius 1 is 1.25 bits per heavy atom. The lowest BCUT2D eigenvalue weighted by molar-refractivity contribution is -0.137. The van der Waals surface area contributed by atoms with Crippen molar-refractivity contribution < 1.29 is 4.74 Å². The molecule has 1 aromatic carbocycles. The SMILES string of the molecule is C[C@@H]1[C@@H](c2ccccc2)O[C@H]2CCCN1C2. The van der Waals surface area contributed by atoms with Gasteiger partial charge in [-0.2, -0.15) is 0 Å². The van der Waals surface area contributed by atoms with Crippen molar-refractivity contribution in [3.8, 4) is 0 Å². The van der Waals surface area contributed by atoms with Crippen LogP contribution in [0.25, 0.3) is 0 Å². The lowest BCUT2D eigenvalue weighted by Gasteiger charge is -2.46. The Hall–Kier alpha value is -0.860. The molecular formula is C14H19NO. The fraction of sp³-hybridized carbons (Fsp3) is 0.571. The van der Waals surface area contributed by atoms with Crippen LogP contribution in [0.1, 0.15) is 31.4 Å². The van der Waals surface area contributed by atoms with Gasteiger partial charge in [0.1, 0.15) is 0 Å². The second-order valence-electron chi connectivity index (χ2n) is 4.97. The van der Waals surface area contributed by atoms with Gasteiger partial charge >= 0.3 is 0 Å². The highest BCUT2D eigenvalue weighted by Crippen LogP contribution is 2.34. The van der Waals surface area contributed by atoms with Gasteiger partial charge in [-0.3, -0.25) is 4.90 Å². The molecule has 2 nitrogen and oxygen atoms in total. The highest BCUT2D eigenvalue weighted by molar-refractivity contribution is 5.20. The first-order valence-electron chi connectivity index (χ1n) is 6.29. The maximum absolute atomic E-state index is 6.21. The van der Waals surface area contributed by atoms with Crippen LogP contribution >= 0.6 is 0 Å². The maximum atomic E-state index is 6.21. The molecule has 2 saturated heterocycles. The van der Waals surface area contributed by atoms with E-state index in [0.717, 1.165) is 6.54 Å². The molecule has 1 unspecified atom stereocenters. The van der Waals surface area contributed by atoms with E-state index in [0.29, 0.717) is 12.1 Å². The van der Waals surface area contributed by atoms with Crippen LogP contribution in [-0.4, -0.2) is 30.1 Å². The van der Waals surface area contributed by atoms with Gasteiger partial charge in [-0.1, -0.05) is 30.3 Å². The van der Waals surface area contributed by atoms with E-state index < -0.39 is 0 Å². The molecule has 0 N–H and O–H groups in total. The van der Waals surface area contributed by atoms with Crippen molar-refractivity contribution in [2.75, 3.05) is 13.1 Å². The van der Waals surface area contributed by atoms with E-state index in [9.17, 15) is 0 Å². The Morgan fingerprint density at radius 3 is 2.88 bits per heavy atom. The van der Waals surface area contributed by atoms with Crippen LogP contribution in [-0.2, 0) is 4.74 Å². The van der Waals surface area contributed by atoms with Crippen LogP contribution in [0.4, 0.5) is 0 Å². The minimum absolute atomic E-state index is 0.264. The summed E-state index contributed by atoms with van der Waals surface area (Å²) >= 11 is 0. The third-order valence-electron chi connectivity index (χ3n) is 3.89. The van der Waals surface area contributed by atoms with Crippen LogP contribution in [0.5, 0.6) is 0 Å². The minimum atomic E-state index is 0.264. The van der Waals surface area contributed by atoms with Crippen molar-refractivity contribution in [1.29, 1.82) is 0 Å². The normalized spacial score (nSPS) is 38.3. The molecular weight excluding hydrogens is 198 g/mol. The van der Waals surface area contributed by atoms with Crippen molar-refractivity contribution in [2.45, 2.75) is 38.0 Å². The Labute approximate surface area is 97.2 Å². The van der Waals surface area contributed by atoms with Gasteiger partial charge in [0.25, 0.3) is 0 Å². The summed E-state index contributed by atoms with van der Waals surface area (Å²) < 4.78 is 6.21. The van der Waals surface area contributed by atoms with Crippen LogP contribution in [0.15, 0.2) is 30.3 Å². The molecule has 4 atom stereocenters. The van der Waals surface area contributed by atoms with Gasteiger partial charge in [-0.05, 0) is 31.9 Å². The standard InChI is InChI=1S/C14H19NO/c1-11-14(12-6-3-2-4-7-12)16-13-8-5-9-15(11)10-13/h2-4,6-7,11,13-14H,5,8-10H2,1H3/t11-,13+,14+/m1/s1. The molecule has 1 aromatic rings. The van der Waals surface area contributed by atoms with Gasteiger partial charge in [-0.15, -0.1) is 0 Å². The van der Waals surface area contributed by atoms with E-state index in [1.807, 2.05) is 0 Å². The molecule has 0 aliphatic carbocycles. The third kappa shape index (κ3) is 1.76. The van der Waals surface area contributed by atoms with Crippen molar-refractivity contribution in [1.82, 2.24) is 4.90 Å². The summed E-state index contributed by atoms with van der Waals surface area (Å²) in [6, 6.07) is 11.2. The Morgan fingerprint density at radius 2 is 2.06 bits per heavy atom. The molecule has 0 radical (unpaired) electrons. The largest absolute Gasteiger partial charge is 0.367 e. The zero-order valence-electron chi connectivity index (χ0n) is 9.80. The number of ether oxygens (including phenoxy) is 1. The van der Waals surface area contributed by atoms with Crippen molar-refractivity contribution >= 4 is 0 Å². The number of piperidine rings is 1. The Kier molecular flexibility index (Phi) is 2.70. The number of hydrogen-bond acceptors (Lipinski definition) is 2. The molecule has 3 rings (SSSR count). The smallest absolute Gasteiger partial charge is 0.0981 e. The predicted octanol–water partition coefficient (Wildman–Crippen LogP) is 2.61. The predicted molar refractivity (Wildman–Crippen MR) is 64.3 cm³/mol. The molecule has 0 spiro atoms. The average molecular weight is 217 g/mol. The second-order valence-corrected chi connectivity index (χ2v) is 4.97. The molecule has 2 bridgehead atoms. The van der Waals surface area contributed by atoms with Crippen molar-refractivity contribution in [3.63, 3.8) is 0 Å². The van der Waals surface area contributed by atoms with Crippen LogP contribution < -0.4 is 0 Å². The first kappa shape index (κ1) is 10.3.